The summed E-state index contributed by atoms with van der Waals surface area (Å²) < 4.78 is 7.50. The molecule has 0 saturated heterocycles. The van der Waals surface area contributed by atoms with Crippen LogP contribution in [0.15, 0.2) is 48.5 Å². The Balaban J connectivity index is 1.71. The van der Waals surface area contributed by atoms with Crippen molar-refractivity contribution in [3.8, 4) is 17.0 Å². The number of para-hydroxylation sites is 1. The van der Waals surface area contributed by atoms with E-state index in [1.54, 1.807) is 28.9 Å². The van der Waals surface area contributed by atoms with Crippen LogP contribution in [0, 0.1) is 0 Å². The van der Waals surface area contributed by atoms with Crippen LogP contribution < -0.4 is 10.1 Å². The Morgan fingerprint density at radius 1 is 1.21 bits per heavy atom. The zero-order valence-electron chi connectivity index (χ0n) is 12.9. The van der Waals surface area contributed by atoms with Crippen LogP contribution in [0.25, 0.3) is 11.3 Å². The number of amides is 1. The van der Waals surface area contributed by atoms with Crippen molar-refractivity contribution in [1.29, 1.82) is 0 Å². The van der Waals surface area contributed by atoms with Gasteiger partial charge in [0.1, 0.15) is 12.4 Å². The second-order valence-corrected chi connectivity index (χ2v) is 5.98. The molecule has 6 heteroatoms. The van der Waals surface area contributed by atoms with Gasteiger partial charge in [-0.2, -0.15) is 5.10 Å². The number of hydrogen-bond acceptors (Lipinski definition) is 3. The lowest BCUT2D eigenvalue weighted by atomic mass is 10.0. The third-order valence-corrected chi connectivity index (χ3v) is 4.23. The summed E-state index contributed by atoms with van der Waals surface area (Å²) in [6.45, 7) is 0.323. The Labute approximate surface area is 143 Å². The molecule has 24 heavy (non-hydrogen) atoms. The highest BCUT2D eigenvalue weighted by Gasteiger charge is 2.28. The van der Waals surface area contributed by atoms with Gasteiger partial charge < -0.3 is 10.1 Å². The van der Waals surface area contributed by atoms with Crippen LogP contribution in [0.3, 0.4) is 0 Å². The standard InChI is InChI=1S/C18H14ClN3O2/c1-22-17-13-4-2-3-5-15(13)24-10-14(17)16(21-22)18(23)20-12-8-6-11(19)7-9-12/h2-9H,10H2,1H3,(H,20,23). The van der Waals surface area contributed by atoms with Crippen molar-refractivity contribution >= 4 is 23.2 Å². The minimum atomic E-state index is -0.267. The number of aryl methyl sites for hydroxylation is 1. The molecule has 0 fully saturated rings. The first-order valence-electron chi connectivity index (χ1n) is 7.48. The van der Waals surface area contributed by atoms with Gasteiger partial charge in [-0.05, 0) is 36.4 Å². The number of fused-ring (bicyclic) bond motifs is 3. The van der Waals surface area contributed by atoms with Gasteiger partial charge in [0, 0.05) is 28.9 Å². The maximum atomic E-state index is 12.6. The number of nitrogens with zero attached hydrogens (tertiary/aromatic N) is 2. The van der Waals surface area contributed by atoms with Crippen LogP contribution in [0.2, 0.25) is 5.02 Å². The zero-order valence-corrected chi connectivity index (χ0v) is 13.7. The quantitative estimate of drug-likeness (QED) is 0.770. The van der Waals surface area contributed by atoms with Gasteiger partial charge in [0.25, 0.3) is 5.91 Å². The summed E-state index contributed by atoms with van der Waals surface area (Å²) in [5, 5.41) is 7.87. The molecular weight excluding hydrogens is 326 g/mol. The molecule has 2 heterocycles. The maximum Gasteiger partial charge on any atom is 0.276 e. The number of halogens is 1. The first-order valence-corrected chi connectivity index (χ1v) is 7.86. The molecule has 3 aromatic rings. The van der Waals surface area contributed by atoms with Crippen molar-refractivity contribution < 1.29 is 9.53 Å². The Bertz CT molecular complexity index is 932. The van der Waals surface area contributed by atoms with E-state index in [1.165, 1.54) is 0 Å². The monoisotopic (exact) mass is 339 g/mol. The number of rotatable bonds is 2. The fraction of sp³-hybridized carbons (Fsp3) is 0.111. The number of nitrogens with one attached hydrogen (secondary N) is 1. The fourth-order valence-electron chi connectivity index (χ4n) is 2.89. The molecule has 1 aromatic heterocycles. The normalized spacial score (nSPS) is 12.1. The highest BCUT2D eigenvalue weighted by Crippen LogP contribution is 2.38. The molecule has 1 aliphatic heterocycles. The maximum absolute atomic E-state index is 12.6. The highest BCUT2D eigenvalue weighted by atomic mass is 35.5. The third-order valence-electron chi connectivity index (χ3n) is 3.98. The molecule has 0 aliphatic carbocycles. The van der Waals surface area contributed by atoms with Crippen LogP contribution in [-0.4, -0.2) is 15.7 Å². The van der Waals surface area contributed by atoms with Gasteiger partial charge in [0.15, 0.2) is 5.69 Å². The second-order valence-electron chi connectivity index (χ2n) is 5.55. The van der Waals surface area contributed by atoms with Gasteiger partial charge in [-0.1, -0.05) is 23.7 Å². The number of carbonyl (C=O) groups is 1. The van der Waals surface area contributed by atoms with Crippen LogP contribution >= 0.6 is 11.6 Å². The smallest absolute Gasteiger partial charge is 0.276 e. The second kappa shape index (κ2) is 5.69. The summed E-state index contributed by atoms with van der Waals surface area (Å²) in [4.78, 5) is 12.6. The Morgan fingerprint density at radius 3 is 2.75 bits per heavy atom. The van der Waals surface area contributed by atoms with Gasteiger partial charge >= 0.3 is 0 Å². The Hall–Kier alpha value is -2.79. The van der Waals surface area contributed by atoms with Crippen LogP contribution in [0.5, 0.6) is 5.75 Å². The van der Waals surface area contributed by atoms with Gasteiger partial charge in [0.05, 0.1) is 5.69 Å². The van der Waals surface area contributed by atoms with Gasteiger partial charge in [-0.15, -0.1) is 0 Å². The number of hydrogen-bond donors (Lipinski definition) is 1. The molecule has 2 aromatic carbocycles. The average molecular weight is 340 g/mol. The number of ether oxygens (including phenoxy) is 1. The molecule has 0 atom stereocenters. The fourth-order valence-corrected chi connectivity index (χ4v) is 3.01. The molecule has 0 unspecified atom stereocenters. The van der Waals surface area contributed by atoms with E-state index in [2.05, 4.69) is 10.4 Å². The summed E-state index contributed by atoms with van der Waals surface area (Å²) in [7, 11) is 1.83. The van der Waals surface area contributed by atoms with Gasteiger partial charge in [-0.25, -0.2) is 0 Å². The lowest BCUT2D eigenvalue weighted by molar-refractivity contribution is 0.101. The first kappa shape index (κ1) is 14.8. The third kappa shape index (κ3) is 2.43. The molecular formula is C18H14ClN3O2. The number of aromatic nitrogens is 2. The van der Waals surface area contributed by atoms with E-state index in [1.807, 2.05) is 31.3 Å². The van der Waals surface area contributed by atoms with Crippen LogP contribution in [0.4, 0.5) is 5.69 Å². The zero-order chi connectivity index (χ0) is 16.7. The number of anilines is 1. The summed E-state index contributed by atoms with van der Waals surface area (Å²) >= 11 is 5.87. The number of benzene rings is 2. The van der Waals surface area contributed by atoms with Gasteiger partial charge in [0.2, 0.25) is 0 Å². The summed E-state index contributed by atoms with van der Waals surface area (Å²) in [6, 6.07) is 14.7. The summed E-state index contributed by atoms with van der Waals surface area (Å²) in [6.07, 6.45) is 0. The van der Waals surface area contributed by atoms with Crippen molar-refractivity contribution in [2.24, 2.45) is 7.05 Å². The molecule has 0 saturated carbocycles. The van der Waals surface area contributed by atoms with E-state index in [0.29, 0.717) is 23.0 Å². The first-order chi connectivity index (χ1) is 11.6. The minimum absolute atomic E-state index is 0.267. The van der Waals surface area contributed by atoms with Crippen LogP contribution in [-0.2, 0) is 13.7 Å². The Morgan fingerprint density at radius 2 is 1.96 bits per heavy atom. The van der Waals surface area contributed by atoms with E-state index in [9.17, 15) is 4.79 Å². The highest BCUT2D eigenvalue weighted by molar-refractivity contribution is 6.30. The molecule has 4 rings (SSSR count). The molecule has 1 N–H and O–H groups in total. The predicted molar refractivity (Wildman–Crippen MR) is 92.4 cm³/mol. The average Bonchev–Trinajstić information content (AvgIpc) is 2.94. The molecule has 0 bridgehead atoms. The van der Waals surface area contributed by atoms with Gasteiger partial charge in [-0.3, -0.25) is 9.48 Å². The van der Waals surface area contributed by atoms with E-state index in [4.69, 9.17) is 16.3 Å². The van der Waals surface area contributed by atoms with Crippen molar-refractivity contribution in [2.75, 3.05) is 5.32 Å². The summed E-state index contributed by atoms with van der Waals surface area (Å²) in [5.41, 5.74) is 3.69. The lowest BCUT2D eigenvalue weighted by Gasteiger charge is -2.18. The van der Waals surface area contributed by atoms with Crippen molar-refractivity contribution in [2.45, 2.75) is 6.61 Å². The Kier molecular flexibility index (Phi) is 3.50. The van der Waals surface area contributed by atoms with E-state index >= 15 is 0 Å². The summed E-state index contributed by atoms with van der Waals surface area (Å²) in [5.74, 6) is 0.537. The van der Waals surface area contributed by atoms with E-state index in [0.717, 1.165) is 22.6 Å². The molecule has 120 valence electrons. The largest absolute Gasteiger partial charge is 0.488 e. The van der Waals surface area contributed by atoms with Crippen molar-refractivity contribution in [3.63, 3.8) is 0 Å². The minimum Gasteiger partial charge on any atom is -0.488 e. The predicted octanol–water partition coefficient (Wildman–Crippen LogP) is 3.89. The van der Waals surface area contributed by atoms with Crippen molar-refractivity contribution in [3.05, 3.63) is 64.8 Å². The molecule has 0 spiro atoms. The number of carbonyl (C=O) groups excluding carboxylic acids is 1. The van der Waals surface area contributed by atoms with Crippen LogP contribution in [0.1, 0.15) is 16.1 Å². The van der Waals surface area contributed by atoms with Crippen molar-refractivity contribution in [1.82, 2.24) is 9.78 Å². The lowest BCUT2D eigenvalue weighted by Crippen LogP contribution is -2.16. The van der Waals surface area contributed by atoms with E-state index < -0.39 is 0 Å². The molecule has 5 nitrogen and oxygen atoms in total. The molecule has 1 amide bonds. The molecule has 0 radical (unpaired) electrons. The SMILES string of the molecule is Cn1nc(C(=O)Nc2ccc(Cl)cc2)c2c1-c1ccccc1OC2. The molecule has 1 aliphatic rings. The topological polar surface area (TPSA) is 56.2 Å². The van der Waals surface area contributed by atoms with E-state index in [-0.39, 0.29) is 5.91 Å².